The van der Waals surface area contributed by atoms with Crippen LogP contribution in [0, 0.1) is 11.8 Å². The fourth-order valence-electron chi connectivity index (χ4n) is 1.77. The van der Waals surface area contributed by atoms with E-state index in [1.807, 2.05) is 0 Å². The maximum absolute atomic E-state index is 11.7. The Morgan fingerprint density at radius 2 is 1.52 bits per heavy atom. The average Bonchev–Trinajstić information content (AvgIpc) is 2.49. The predicted octanol–water partition coefficient (Wildman–Crippen LogP) is -1.28. The number of esters is 3. The Hall–Kier alpha value is -2.65. The number of rotatable bonds is 8. The molecule has 0 aliphatic rings. The van der Waals surface area contributed by atoms with E-state index in [0.29, 0.717) is 0 Å². The Balaban J connectivity index is 5.21. The molecule has 0 radical (unpaired) electrons. The van der Waals surface area contributed by atoms with Gasteiger partial charge >= 0.3 is 23.9 Å². The molecule has 130 valence electrons. The van der Waals surface area contributed by atoms with E-state index in [-0.39, 0.29) is 0 Å². The van der Waals surface area contributed by atoms with Crippen LogP contribution in [0.25, 0.3) is 0 Å². The number of nitrogens with one attached hydrogen (secondary N) is 1. The van der Waals surface area contributed by atoms with Crippen LogP contribution in [0.4, 0.5) is 0 Å². The van der Waals surface area contributed by atoms with Crippen LogP contribution in [0.2, 0.25) is 0 Å². The zero-order valence-corrected chi connectivity index (χ0v) is 13.2. The summed E-state index contributed by atoms with van der Waals surface area (Å²) in [6, 6.07) is -1.60. The quantitative estimate of drug-likeness (QED) is 0.315. The van der Waals surface area contributed by atoms with Crippen LogP contribution >= 0.6 is 0 Å². The minimum absolute atomic E-state index is 0.688. The van der Waals surface area contributed by atoms with Crippen molar-refractivity contribution >= 4 is 29.8 Å². The molecular formula is C13H19NO9. The van der Waals surface area contributed by atoms with Gasteiger partial charge < -0.3 is 24.6 Å². The van der Waals surface area contributed by atoms with Crippen molar-refractivity contribution < 1.29 is 43.3 Å². The second kappa shape index (κ2) is 9.38. The van der Waals surface area contributed by atoms with Gasteiger partial charge in [0.2, 0.25) is 0 Å². The molecule has 0 saturated carbocycles. The number of methoxy groups -OCH3 is 2. The maximum atomic E-state index is 11.7. The second-order valence-corrected chi connectivity index (χ2v) is 4.55. The molecule has 0 aromatic heterocycles. The number of carboxylic acids is 1. The van der Waals surface area contributed by atoms with Gasteiger partial charge in [0.15, 0.2) is 12.5 Å². The van der Waals surface area contributed by atoms with E-state index in [0.717, 1.165) is 21.1 Å². The topological polar surface area (TPSA) is 145 Å². The molecule has 0 unspecified atom stereocenters. The smallest absolute Gasteiger partial charge is 0.326 e. The lowest BCUT2D eigenvalue weighted by atomic mass is 9.87. The van der Waals surface area contributed by atoms with Crippen molar-refractivity contribution in [3.8, 4) is 0 Å². The van der Waals surface area contributed by atoms with E-state index in [9.17, 15) is 29.1 Å². The highest BCUT2D eigenvalue weighted by molar-refractivity contribution is 5.96. The van der Waals surface area contributed by atoms with E-state index in [1.54, 1.807) is 0 Å². The van der Waals surface area contributed by atoms with Gasteiger partial charge in [-0.1, -0.05) is 6.92 Å². The van der Waals surface area contributed by atoms with Crippen LogP contribution in [0.5, 0.6) is 0 Å². The van der Waals surface area contributed by atoms with Crippen LogP contribution in [-0.2, 0) is 38.2 Å². The minimum Gasteiger partial charge on any atom is -0.480 e. The highest BCUT2D eigenvalue weighted by atomic mass is 16.5. The summed E-state index contributed by atoms with van der Waals surface area (Å²) in [6.45, 7) is 1.66. The molecule has 0 aliphatic carbocycles. The number of ether oxygens (including phenoxy) is 3. The summed E-state index contributed by atoms with van der Waals surface area (Å²) in [5.74, 6) is -7.80. The van der Waals surface area contributed by atoms with E-state index in [1.165, 1.54) is 6.92 Å². The third-order valence-corrected chi connectivity index (χ3v) is 2.95. The van der Waals surface area contributed by atoms with Crippen LogP contribution in [-0.4, -0.2) is 61.8 Å². The number of carbonyl (C=O) groups excluding carboxylic acids is 4. The molecule has 0 aromatic carbocycles. The normalized spacial score (nSPS) is 12.7. The number of hydrogen-bond donors (Lipinski definition) is 2. The van der Waals surface area contributed by atoms with Gasteiger partial charge in [0.25, 0.3) is 5.91 Å². The van der Waals surface area contributed by atoms with Gasteiger partial charge in [-0.3, -0.25) is 19.2 Å². The summed E-state index contributed by atoms with van der Waals surface area (Å²) in [5.41, 5.74) is 0. The van der Waals surface area contributed by atoms with Gasteiger partial charge in [0.1, 0.15) is 6.04 Å². The third-order valence-electron chi connectivity index (χ3n) is 2.95. The molecule has 0 rings (SSSR count). The van der Waals surface area contributed by atoms with E-state index in [2.05, 4.69) is 19.5 Å². The summed E-state index contributed by atoms with van der Waals surface area (Å²) < 4.78 is 13.3. The van der Waals surface area contributed by atoms with Crippen molar-refractivity contribution in [2.24, 2.45) is 11.8 Å². The molecule has 1 amide bonds. The van der Waals surface area contributed by atoms with E-state index in [4.69, 9.17) is 0 Å². The molecule has 2 atom stereocenters. The predicted molar refractivity (Wildman–Crippen MR) is 72.9 cm³/mol. The molecule has 10 nitrogen and oxygen atoms in total. The Bertz CT molecular complexity index is 472. The number of hydrogen-bond acceptors (Lipinski definition) is 8. The maximum Gasteiger partial charge on any atom is 0.326 e. The molecule has 0 bridgehead atoms. The summed E-state index contributed by atoms with van der Waals surface area (Å²) in [4.78, 5) is 56.9. The minimum atomic E-state index is -1.60. The van der Waals surface area contributed by atoms with Crippen molar-refractivity contribution in [3.05, 3.63) is 0 Å². The molecular weight excluding hydrogens is 314 g/mol. The lowest BCUT2D eigenvalue weighted by Gasteiger charge is -2.25. The van der Waals surface area contributed by atoms with Crippen molar-refractivity contribution in [3.63, 3.8) is 0 Å². The Kier molecular flexibility index (Phi) is 8.30. The number of carboxylic acid groups (broad SMARTS) is 1. The lowest BCUT2D eigenvalue weighted by molar-refractivity contribution is -0.163. The van der Waals surface area contributed by atoms with Crippen LogP contribution in [0.1, 0.15) is 13.8 Å². The van der Waals surface area contributed by atoms with Crippen molar-refractivity contribution in [1.29, 1.82) is 0 Å². The molecule has 10 heteroatoms. The van der Waals surface area contributed by atoms with E-state index < -0.39 is 54.3 Å². The fraction of sp³-hybridized carbons (Fsp3) is 0.615. The van der Waals surface area contributed by atoms with Crippen molar-refractivity contribution in [1.82, 2.24) is 5.32 Å². The Morgan fingerprint density at radius 1 is 1.04 bits per heavy atom. The first kappa shape index (κ1) is 20.3. The molecule has 23 heavy (non-hydrogen) atoms. The van der Waals surface area contributed by atoms with Crippen LogP contribution in [0.3, 0.4) is 0 Å². The molecule has 2 N–H and O–H groups in total. The van der Waals surface area contributed by atoms with Crippen LogP contribution in [0.15, 0.2) is 0 Å². The van der Waals surface area contributed by atoms with Crippen molar-refractivity contribution in [2.75, 3.05) is 20.8 Å². The van der Waals surface area contributed by atoms with Gasteiger partial charge in [0.05, 0.1) is 14.2 Å². The van der Waals surface area contributed by atoms with Crippen LogP contribution < -0.4 is 5.32 Å². The summed E-state index contributed by atoms with van der Waals surface area (Å²) in [5, 5.41) is 11.3. The number of amides is 1. The largest absolute Gasteiger partial charge is 0.480 e. The SMILES string of the molecule is COC(=O)C(C(=O)OC)[C@@H](C)[C@@H](NC(=O)COC(C)=O)C(=O)O. The lowest BCUT2D eigenvalue weighted by Crippen LogP contribution is -2.51. The van der Waals surface area contributed by atoms with Gasteiger partial charge in [-0.05, 0) is 0 Å². The summed E-state index contributed by atoms with van der Waals surface area (Å²) >= 11 is 0. The van der Waals surface area contributed by atoms with E-state index >= 15 is 0 Å². The van der Waals surface area contributed by atoms with Gasteiger partial charge in [-0.15, -0.1) is 0 Å². The fourth-order valence-corrected chi connectivity index (χ4v) is 1.77. The Morgan fingerprint density at radius 3 is 1.87 bits per heavy atom. The second-order valence-electron chi connectivity index (χ2n) is 4.55. The first-order chi connectivity index (χ1) is 10.6. The van der Waals surface area contributed by atoms with Gasteiger partial charge in [-0.25, -0.2) is 4.79 Å². The first-order valence-corrected chi connectivity index (χ1v) is 6.46. The molecule has 0 aromatic rings. The van der Waals surface area contributed by atoms with Crippen molar-refractivity contribution in [2.45, 2.75) is 19.9 Å². The standard InChI is InChI=1S/C13H19NO9/c1-6(9(12(19)21-3)13(20)22-4)10(11(17)18)14-8(16)5-23-7(2)15/h6,9-10H,5H2,1-4H3,(H,14,16)(H,17,18)/t6-,10-/m1/s1. The molecule has 0 fully saturated rings. The zero-order valence-electron chi connectivity index (χ0n) is 13.2. The monoisotopic (exact) mass is 333 g/mol. The molecule has 0 heterocycles. The van der Waals surface area contributed by atoms with Gasteiger partial charge in [0, 0.05) is 12.8 Å². The molecule has 0 aliphatic heterocycles. The number of carbonyl (C=O) groups is 5. The highest BCUT2D eigenvalue weighted by Gasteiger charge is 2.42. The highest BCUT2D eigenvalue weighted by Crippen LogP contribution is 2.19. The number of aliphatic carboxylic acids is 1. The summed E-state index contributed by atoms with van der Waals surface area (Å²) in [7, 11) is 2.06. The molecule has 0 spiro atoms. The first-order valence-electron chi connectivity index (χ1n) is 6.46. The summed E-state index contributed by atoms with van der Waals surface area (Å²) in [6.07, 6.45) is 0. The third kappa shape index (κ3) is 6.32. The molecule has 0 saturated heterocycles. The Labute approximate surface area is 132 Å². The zero-order chi connectivity index (χ0) is 18.2. The average molecular weight is 333 g/mol. The van der Waals surface area contributed by atoms with Gasteiger partial charge in [-0.2, -0.15) is 0 Å².